The Morgan fingerprint density at radius 1 is 1.32 bits per heavy atom. The molecule has 2 heterocycles. The molecule has 0 unspecified atom stereocenters. The topological polar surface area (TPSA) is 74.7 Å². The van der Waals surface area contributed by atoms with Crippen LogP contribution in [0.5, 0.6) is 5.75 Å². The molecule has 1 atom stereocenters. The monoisotopic (exact) mass is 399 g/mol. The predicted molar refractivity (Wildman–Crippen MR) is 97.7 cm³/mol. The van der Waals surface area contributed by atoms with Crippen LogP contribution >= 0.6 is 22.9 Å². The summed E-state index contributed by atoms with van der Waals surface area (Å²) in [6, 6.07) is 9.16. The molecule has 1 aliphatic rings. The van der Waals surface area contributed by atoms with E-state index in [1.807, 2.05) is 6.07 Å². The quantitative estimate of drug-likeness (QED) is 0.807. The zero-order valence-electron chi connectivity index (χ0n) is 13.4. The number of thiophene rings is 1. The van der Waals surface area contributed by atoms with Gasteiger partial charge in [0.15, 0.2) is 5.78 Å². The normalized spacial score (nSPS) is 18.5. The molecule has 5 nitrogen and oxygen atoms in total. The minimum Gasteiger partial charge on any atom is -0.508 e. The van der Waals surface area contributed by atoms with Gasteiger partial charge in [0.2, 0.25) is 0 Å². The number of rotatable bonds is 6. The van der Waals surface area contributed by atoms with Crippen molar-refractivity contribution in [2.75, 3.05) is 6.54 Å². The first-order valence-electron chi connectivity index (χ1n) is 7.96. The summed E-state index contributed by atoms with van der Waals surface area (Å²) >= 11 is 6.85. The lowest BCUT2D eigenvalue weighted by atomic mass is 10.0. The maximum absolute atomic E-state index is 12.8. The Balaban J connectivity index is 1.71. The van der Waals surface area contributed by atoms with Gasteiger partial charge in [-0.25, -0.2) is 8.42 Å². The molecule has 0 aliphatic carbocycles. The van der Waals surface area contributed by atoms with E-state index in [1.165, 1.54) is 10.4 Å². The lowest BCUT2D eigenvalue weighted by molar-refractivity contribution is -0.122. The average molecular weight is 400 g/mol. The zero-order valence-corrected chi connectivity index (χ0v) is 15.8. The second-order valence-corrected chi connectivity index (χ2v) is 9.80. The number of carbonyl (C=O) groups excluding carboxylic acids is 1. The fourth-order valence-corrected chi connectivity index (χ4v) is 6.34. The number of benzene rings is 1. The van der Waals surface area contributed by atoms with E-state index in [0.717, 1.165) is 16.9 Å². The molecule has 1 N–H and O–H groups in total. The number of Topliss-reactive ketones (excluding diaryl/α,β-unsaturated/α-hetero) is 1. The van der Waals surface area contributed by atoms with Crippen LogP contribution in [0.25, 0.3) is 0 Å². The molecule has 8 heteroatoms. The molecule has 1 saturated heterocycles. The van der Waals surface area contributed by atoms with Crippen molar-refractivity contribution < 1.29 is 18.3 Å². The van der Waals surface area contributed by atoms with Crippen LogP contribution in [0.15, 0.2) is 40.6 Å². The highest BCUT2D eigenvalue weighted by molar-refractivity contribution is 7.91. The molecule has 25 heavy (non-hydrogen) atoms. The van der Waals surface area contributed by atoms with Crippen LogP contribution in [-0.4, -0.2) is 36.2 Å². The number of phenols is 1. The van der Waals surface area contributed by atoms with Gasteiger partial charge in [-0.05, 0) is 49.1 Å². The molecule has 0 saturated carbocycles. The molecule has 0 radical (unpaired) electrons. The summed E-state index contributed by atoms with van der Waals surface area (Å²) in [6.07, 6.45) is 1.92. The van der Waals surface area contributed by atoms with Gasteiger partial charge in [0.1, 0.15) is 9.96 Å². The number of phenolic OH excluding ortho intramolecular Hbond substituents is 1. The highest BCUT2D eigenvalue weighted by Crippen LogP contribution is 2.32. The lowest BCUT2D eigenvalue weighted by Crippen LogP contribution is -2.40. The highest BCUT2D eigenvalue weighted by Gasteiger charge is 2.39. The van der Waals surface area contributed by atoms with E-state index in [1.54, 1.807) is 24.3 Å². The Kier molecular flexibility index (Phi) is 5.48. The molecule has 2 aromatic rings. The van der Waals surface area contributed by atoms with Gasteiger partial charge in [-0.2, -0.15) is 4.31 Å². The Labute approximate surface area is 155 Å². The zero-order chi connectivity index (χ0) is 18.0. The van der Waals surface area contributed by atoms with Gasteiger partial charge in [-0.15, -0.1) is 11.3 Å². The van der Waals surface area contributed by atoms with Crippen molar-refractivity contribution in [1.29, 1.82) is 0 Å². The first-order valence-corrected chi connectivity index (χ1v) is 10.6. The second-order valence-electron chi connectivity index (χ2n) is 5.97. The third kappa shape index (κ3) is 4.06. The van der Waals surface area contributed by atoms with E-state index in [-0.39, 0.29) is 22.2 Å². The Morgan fingerprint density at radius 3 is 2.80 bits per heavy atom. The summed E-state index contributed by atoms with van der Waals surface area (Å²) in [6.45, 7) is 0.348. The van der Waals surface area contributed by atoms with Crippen molar-refractivity contribution in [3.05, 3.63) is 46.3 Å². The molecule has 0 spiro atoms. The van der Waals surface area contributed by atoms with Crippen LogP contribution in [0.2, 0.25) is 4.34 Å². The lowest BCUT2D eigenvalue weighted by Gasteiger charge is -2.22. The molecule has 0 amide bonds. The van der Waals surface area contributed by atoms with E-state index in [0.29, 0.717) is 30.1 Å². The van der Waals surface area contributed by atoms with Crippen molar-refractivity contribution in [2.45, 2.75) is 35.9 Å². The summed E-state index contributed by atoms with van der Waals surface area (Å²) < 4.78 is 27.4. The maximum atomic E-state index is 12.8. The first-order chi connectivity index (χ1) is 11.9. The summed E-state index contributed by atoms with van der Waals surface area (Å²) in [5.41, 5.74) is 0.853. The standard InChI is InChI=1S/C17H18ClNO4S2/c18-16-8-9-17(24-16)25(22,23)19-10-2-5-14(19)15(21)7-6-12-3-1-4-13(20)11-12/h1,3-4,8-9,11,14,20H,2,5-7,10H2/t14-/m0/s1. The maximum Gasteiger partial charge on any atom is 0.253 e. The van der Waals surface area contributed by atoms with Crippen molar-refractivity contribution in [2.24, 2.45) is 0 Å². The van der Waals surface area contributed by atoms with E-state index in [2.05, 4.69) is 0 Å². The van der Waals surface area contributed by atoms with Gasteiger partial charge in [0, 0.05) is 13.0 Å². The number of aryl methyl sites for hydroxylation is 1. The van der Waals surface area contributed by atoms with Crippen molar-refractivity contribution in [1.82, 2.24) is 4.31 Å². The number of hydrogen-bond acceptors (Lipinski definition) is 5. The minimum atomic E-state index is -3.70. The van der Waals surface area contributed by atoms with Crippen molar-refractivity contribution in [3.63, 3.8) is 0 Å². The van der Waals surface area contributed by atoms with Crippen molar-refractivity contribution >= 4 is 38.7 Å². The van der Waals surface area contributed by atoms with Crippen LogP contribution in [0.3, 0.4) is 0 Å². The summed E-state index contributed by atoms with van der Waals surface area (Å²) in [4.78, 5) is 12.6. The molecule has 1 aromatic carbocycles. The van der Waals surface area contributed by atoms with E-state index < -0.39 is 16.1 Å². The van der Waals surface area contributed by atoms with Gasteiger partial charge < -0.3 is 5.11 Å². The predicted octanol–water partition coefficient (Wildman–Crippen LogP) is 3.46. The van der Waals surface area contributed by atoms with Crippen LogP contribution < -0.4 is 0 Å². The van der Waals surface area contributed by atoms with E-state index >= 15 is 0 Å². The smallest absolute Gasteiger partial charge is 0.253 e. The Hall–Kier alpha value is -1.41. The second kappa shape index (κ2) is 7.45. The molecule has 1 aliphatic heterocycles. The molecule has 3 rings (SSSR count). The third-order valence-electron chi connectivity index (χ3n) is 4.26. The fraction of sp³-hybridized carbons (Fsp3) is 0.353. The fourth-order valence-electron chi connectivity index (χ4n) is 3.05. The summed E-state index contributed by atoms with van der Waals surface area (Å²) in [5, 5.41) is 9.48. The highest BCUT2D eigenvalue weighted by atomic mass is 35.5. The van der Waals surface area contributed by atoms with Gasteiger partial charge in [0.25, 0.3) is 10.0 Å². The van der Waals surface area contributed by atoms with E-state index in [4.69, 9.17) is 11.6 Å². The number of carbonyl (C=O) groups is 1. The molecule has 1 fully saturated rings. The van der Waals surface area contributed by atoms with Gasteiger partial charge >= 0.3 is 0 Å². The largest absolute Gasteiger partial charge is 0.508 e. The van der Waals surface area contributed by atoms with Gasteiger partial charge in [0.05, 0.1) is 10.4 Å². The molecular weight excluding hydrogens is 382 g/mol. The average Bonchev–Trinajstić information content (AvgIpc) is 3.22. The number of halogens is 1. The number of hydrogen-bond donors (Lipinski definition) is 1. The molecular formula is C17H18ClNO4S2. The van der Waals surface area contributed by atoms with Crippen LogP contribution in [0, 0.1) is 0 Å². The van der Waals surface area contributed by atoms with Gasteiger partial charge in [-0.3, -0.25) is 4.79 Å². The Morgan fingerprint density at radius 2 is 2.12 bits per heavy atom. The molecule has 134 valence electrons. The van der Waals surface area contributed by atoms with Crippen LogP contribution in [-0.2, 0) is 21.2 Å². The number of nitrogens with zero attached hydrogens (tertiary/aromatic N) is 1. The summed E-state index contributed by atoms with van der Waals surface area (Å²) in [7, 11) is -3.70. The van der Waals surface area contributed by atoms with E-state index in [9.17, 15) is 18.3 Å². The van der Waals surface area contributed by atoms with Gasteiger partial charge in [-0.1, -0.05) is 23.7 Å². The third-order valence-corrected chi connectivity index (χ3v) is 7.86. The number of sulfonamides is 1. The summed E-state index contributed by atoms with van der Waals surface area (Å²) in [5.74, 6) is 0.0664. The Bertz CT molecular complexity index is 878. The minimum absolute atomic E-state index is 0.0907. The van der Waals surface area contributed by atoms with Crippen LogP contribution in [0.4, 0.5) is 0 Å². The first kappa shape index (κ1) is 18.4. The number of aromatic hydroxyl groups is 1. The van der Waals surface area contributed by atoms with Crippen molar-refractivity contribution in [3.8, 4) is 5.75 Å². The molecule has 1 aromatic heterocycles. The van der Waals surface area contributed by atoms with Crippen LogP contribution in [0.1, 0.15) is 24.8 Å². The SMILES string of the molecule is O=C(CCc1cccc(O)c1)[C@@H]1CCCN1S(=O)(=O)c1ccc(Cl)s1. The number of ketones is 1. The molecule has 0 bridgehead atoms.